The highest BCUT2D eigenvalue weighted by atomic mass is 79.9. The lowest BCUT2D eigenvalue weighted by molar-refractivity contribution is -0.144. The standard InChI is InChI=1S/C23H31BrClN3O4S2/c1-7-32-17(29)13-28-21(30)18(24)20(26-22(28)33-6)19(27-34(31)23(3,4)5)14(2)12-15-8-10-16(25)11-9-15/h8-11,14,19,27H,7,12-13H2,1-6H3. The first kappa shape index (κ1) is 29.2. The summed E-state index contributed by atoms with van der Waals surface area (Å²) in [6.07, 6.45) is 2.43. The first-order valence-corrected chi connectivity index (χ1v) is 14.4. The predicted molar refractivity (Wildman–Crippen MR) is 143 cm³/mol. The van der Waals surface area contributed by atoms with Crippen molar-refractivity contribution < 1.29 is 14.1 Å². The number of carbonyl (C=O) groups is 1. The molecule has 1 aromatic carbocycles. The fourth-order valence-corrected chi connectivity index (χ4v) is 5.37. The number of nitrogens with zero attached hydrogens (tertiary/aromatic N) is 2. The van der Waals surface area contributed by atoms with E-state index in [-0.39, 0.29) is 23.5 Å². The number of hydrogen-bond donors (Lipinski definition) is 1. The topological polar surface area (TPSA) is 96.3 Å². The second-order valence-electron chi connectivity index (χ2n) is 8.78. The van der Waals surface area contributed by atoms with Crippen molar-refractivity contribution in [2.75, 3.05) is 12.9 Å². The highest BCUT2D eigenvalue weighted by Crippen LogP contribution is 2.32. The minimum Gasteiger partial charge on any atom is -0.598 e. The third kappa shape index (κ3) is 7.73. The SMILES string of the molecule is CCOC(=O)Cn1c(SC)nc(C(N[S+]([O-])C(C)(C)C)C(C)Cc2ccc(Cl)cc2)c(Br)c1=O. The molecule has 2 aromatic rings. The molecule has 0 fully saturated rings. The van der Waals surface area contributed by atoms with Crippen molar-refractivity contribution in [2.24, 2.45) is 5.92 Å². The van der Waals surface area contributed by atoms with E-state index in [0.29, 0.717) is 22.3 Å². The van der Waals surface area contributed by atoms with Crippen molar-refractivity contribution in [3.05, 3.63) is 55.4 Å². The number of carbonyl (C=O) groups excluding carboxylic acids is 1. The van der Waals surface area contributed by atoms with Gasteiger partial charge in [0.25, 0.3) is 5.56 Å². The molecule has 3 unspecified atom stereocenters. The number of halogens is 2. The van der Waals surface area contributed by atoms with Gasteiger partial charge in [-0.2, -0.15) is 0 Å². The van der Waals surface area contributed by atoms with E-state index in [0.717, 1.165) is 5.56 Å². The van der Waals surface area contributed by atoms with E-state index in [4.69, 9.17) is 21.3 Å². The van der Waals surface area contributed by atoms with Gasteiger partial charge in [-0.1, -0.05) is 42.4 Å². The highest BCUT2D eigenvalue weighted by Gasteiger charge is 2.35. The van der Waals surface area contributed by atoms with Crippen LogP contribution in [0.5, 0.6) is 0 Å². The molecule has 0 saturated carbocycles. The molecule has 0 aliphatic heterocycles. The highest BCUT2D eigenvalue weighted by molar-refractivity contribution is 9.10. The lowest BCUT2D eigenvalue weighted by Gasteiger charge is -2.31. The van der Waals surface area contributed by atoms with Crippen LogP contribution in [-0.2, 0) is 33.9 Å². The lowest BCUT2D eigenvalue weighted by atomic mass is 9.92. The minimum atomic E-state index is -1.41. The Balaban J connectivity index is 2.53. The van der Waals surface area contributed by atoms with Gasteiger partial charge in [-0.05, 0) is 79.9 Å². The second-order valence-corrected chi connectivity index (χ2v) is 12.8. The van der Waals surface area contributed by atoms with Crippen LogP contribution in [0.1, 0.15) is 51.9 Å². The van der Waals surface area contributed by atoms with E-state index in [9.17, 15) is 14.1 Å². The molecule has 7 nitrogen and oxygen atoms in total. The molecule has 34 heavy (non-hydrogen) atoms. The normalized spacial score (nSPS) is 14.5. The summed E-state index contributed by atoms with van der Waals surface area (Å²) in [5.74, 6) is -0.591. The molecule has 2 rings (SSSR count). The Labute approximate surface area is 221 Å². The summed E-state index contributed by atoms with van der Waals surface area (Å²) in [5.41, 5.74) is 1.12. The summed E-state index contributed by atoms with van der Waals surface area (Å²) in [4.78, 5) is 30.0. The molecule has 0 amide bonds. The quantitative estimate of drug-likeness (QED) is 0.181. The summed E-state index contributed by atoms with van der Waals surface area (Å²) >= 11 is 9.28. The lowest BCUT2D eigenvalue weighted by Crippen LogP contribution is -2.44. The monoisotopic (exact) mass is 591 g/mol. The van der Waals surface area contributed by atoms with Gasteiger partial charge in [0, 0.05) is 16.4 Å². The van der Waals surface area contributed by atoms with E-state index in [1.807, 2.05) is 52.0 Å². The Kier molecular flexibility index (Phi) is 11.0. The van der Waals surface area contributed by atoms with E-state index in [1.54, 1.807) is 13.2 Å². The van der Waals surface area contributed by atoms with E-state index >= 15 is 0 Å². The van der Waals surface area contributed by atoms with E-state index in [2.05, 4.69) is 20.7 Å². The van der Waals surface area contributed by atoms with Crippen LogP contribution in [-0.4, -0.2) is 37.7 Å². The molecule has 11 heteroatoms. The van der Waals surface area contributed by atoms with Crippen molar-refractivity contribution in [1.82, 2.24) is 14.3 Å². The Morgan fingerprint density at radius 2 is 1.97 bits per heavy atom. The smallest absolute Gasteiger partial charge is 0.326 e. The Morgan fingerprint density at radius 3 is 2.50 bits per heavy atom. The number of benzene rings is 1. The zero-order valence-corrected chi connectivity index (χ0v) is 24.2. The van der Waals surface area contributed by atoms with Crippen LogP contribution in [0.4, 0.5) is 0 Å². The van der Waals surface area contributed by atoms with Crippen LogP contribution in [0.15, 0.2) is 38.7 Å². The molecule has 0 saturated heterocycles. The van der Waals surface area contributed by atoms with Gasteiger partial charge in [0.15, 0.2) is 5.16 Å². The molecule has 0 bridgehead atoms. The maximum atomic E-state index is 13.3. The number of thioether (sulfide) groups is 1. The van der Waals surface area contributed by atoms with Gasteiger partial charge in [-0.3, -0.25) is 14.2 Å². The van der Waals surface area contributed by atoms with Gasteiger partial charge in [0.05, 0.1) is 18.3 Å². The fraction of sp³-hybridized carbons (Fsp3) is 0.522. The molecule has 0 aliphatic rings. The van der Waals surface area contributed by atoms with Crippen molar-refractivity contribution in [3.8, 4) is 0 Å². The number of nitrogens with one attached hydrogen (secondary N) is 1. The van der Waals surface area contributed by atoms with Gasteiger partial charge < -0.3 is 9.29 Å². The molecule has 3 atom stereocenters. The van der Waals surface area contributed by atoms with Crippen molar-refractivity contribution in [1.29, 1.82) is 0 Å². The van der Waals surface area contributed by atoms with Gasteiger partial charge in [-0.25, -0.2) is 4.98 Å². The Hall–Kier alpha value is -1.04. The third-order valence-electron chi connectivity index (χ3n) is 5.00. The Bertz CT molecular complexity index is 1040. The van der Waals surface area contributed by atoms with Crippen molar-refractivity contribution in [3.63, 3.8) is 0 Å². The predicted octanol–water partition coefficient (Wildman–Crippen LogP) is 4.92. The average molecular weight is 593 g/mol. The van der Waals surface area contributed by atoms with Gasteiger partial charge in [-0.15, -0.1) is 4.72 Å². The number of ether oxygens (including phenoxy) is 1. The summed E-state index contributed by atoms with van der Waals surface area (Å²) in [6.45, 7) is 9.35. The molecular formula is C23H31BrClN3O4S2. The van der Waals surface area contributed by atoms with E-state index < -0.39 is 33.7 Å². The number of rotatable bonds is 10. The zero-order chi connectivity index (χ0) is 25.6. The maximum absolute atomic E-state index is 13.3. The van der Waals surface area contributed by atoms with Crippen LogP contribution in [0, 0.1) is 5.92 Å². The zero-order valence-electron chi connectivity index (χ0n) is 20.2. The van der Waals surface area contributed by atoms with Crippen molar-refractivity contribution in [2.45, 2.75) is 63.5 Å². The largest absolute Gasteiger partial charge is 0.598 e. The summed E-state index contributed by atoms with van der Waals surface area (Å²) in [7, 11) is 0. The third-order valence-corrected chi connectivity index (χ3v) is 8.26. The first-order valence-electron chi connectivity index (χ1n) is 10.8. The van der Waals surface area contributed by atoms with Crippen LogP contribution in [0.3, 0.4) is 0 Å². The van der Waals surface area contributed by atoms with Crippen LogP contribution in [0.2, 0.25) is 5.02 Å². The molecule has 0 spiro atoms. The molecule has 0 radical (unpaired) electrons. The molecule has 188 valence electrons. The molecule has 1 N–H and O–H groups in total. The molecular weight excluding hydrogens is 562 g/mol. The minimum absolute atomic E-state index is 0.0775. The average Bonchev–Trinajstić information content (AvgIpc) is 2.76. The van der Waals surface area contributed by atoms with Crippen LogP contribution < -0.4 is 10.3 Å². The number of aromatic nitrogens is 2. The van der Waals surface area contributed by atoms with E-state index in [1.165, 1.54) is 16.3 Å². The molecule has 1 heterocycles. The molecule has 0 aliphatic carbocycles. The fourth-order valence-electron chi connectivity index (χ4n) is 3.21. The van der Waals surface area contributed by atoms with Crippen molar-refractivity contribution >= 4 is 56.6 Å². The van der Waals surface area contributed by atoms with Crippen LogP contribution >= 0.6 is 39.3 Å². The number of esters is 1. The summed E-state index contributed by atoms with van der Waals surface area (Å²) in [6, 6.07) is 7.06. The van der Waals surface area contributed by atoms with Gasteiger partial charge in [0.1, 0.15) is 15.8 Å². The van der Waals surface area contributed by atoms with Crippen LogP contribution in [0.25, 0.3) is 0 Å². The van der Waals surface area contributed by atoms with Gasteiger partial charge in [0.2, 0.25) is 0 Å². The first-order chi connectivity index (χ1) is 15.9. The second kappa shape index (κ2) is 12.8. The van der Waals surface area contributed by atoms with Gasteiger partial charge >= 0.3 is 5.97 Å². The summed E-state index contributed by atoms with van der Waals surface area (Å²) in [5, 5.41) is 1.03. The maximum Gasteiger partial charge on any atom is 0.326 e. The summed E-state index contributed by atoms with van der Waals surface area (Å²) < 4.78 is 22.3. The number of hydrogen-bond acceptors (Lipinski definition) is 7. The molecule has 1 aromatic heterocycles. The Morgan fingerprint density at radius 1 is 1.35 bits per heavy atom.